The molecule has 0 saturated heterocycles. The number of halogens is 1. The summed E-state index contributed by atoms with van der Waals surface area (Å²) in [4.78, 5) is 17.4. The SMILES string of the molecule is CCCn1cc(CN=C(NC(=O)c2ccccc2Cl)Nc2ccccc2OC)c(C)n1. The molecular weight excluding hydrogens is 414 g/mol. The number of rotatable bonds is 7. The lowest BCUT2D eigenvalue weighted by Gasteiger charge is -2.14. The Bertz CT molecular complexity index is 1080. The molecule has 0 atom stereocenters. The molecule has 8 heteroatoms. The number of ether oxygens (including phenoxy) is 1. The van der Waals surface area contributed by atoms with Crippen molar-refractivity contribution in [2.75, 3.05) is 12.4 Å². The maximum atomic E-state index is 12.8. The fourth-order valence-corrected chi connectivity index (χ4v) is 3.25. The van der Waals surface area contributed by atoms with E-state index in [0.29, 0.717) is 28.6 Å². The van der Waals surface area contributed by atoms with Gasteiger partial charge in [-0.05, 0) is 37.6 Å². The summed E-state index contributed by atoms with van der Waals surface area (Å²) in [5.41, 5.74) is 2.94. The highest BCUT2D eigenvalue weighted by atomic mass is 35.5. The van der Waals surface area contributed by atoms with E-state index in [-0.39, 0.29) is 11.9 Å². The molecule has 31 heavy (non-hydrogen) atoms. The number of aryl methyl sites for hydroxylation is 2. The van der Waals surface area contributed by atoms with E-state index in [4.69, 9.17) is 16.3 Å². The molecule has 0 aliphatic carbocycles. The quantitative estimate of drug-likeness (QED) is 0.414. The summed E-state index contributed by atoms with van der Waals surface area (Å²) < 4.78 is 7.31. The Balaban J connectivity index is 1.87. The first-order chi connectivity index (χ1) is 15.0. The predicted octanol–water partition coefficient (Wildman–Crippen LogP) is 4.66. The lowest BCUT2D eigenvalue weighted by molar-refractivity contribution is 0.0977. The molecule has 162 valence electrons. The molecule has 0 aliphatic rings. The Kier molecular flexibility index (Phi) is 7.67. The second-order valence-corrected chi connectivity index (χ2v) is 7.33. The van der Waals surface area contributed by atoms with Gasteiger partial charge in [-0.2, -0.15) is 5.10 Å². The highest BCUT2D eigenvalue weighted by Crippen LogP contribution is 2.23. The number of hydrogen-bond donors (Lipinski definition) is 2. The number of para-hydroxylation sites is 2. The van der Waals surface area contributed by atoms with Crippen LogP contribution in [0.2, 0.25) is 5.02 Å². The average molecular weight is 440 g/mol. The Morgan fingerprint density at radius 3 is 2.68 bits per heavy atom. The monoisotopic (exact) mass is 439 g/mol. The standard InChI is InChI=1S/C23H26ClN5O2/c1-4-13-29-15-17(16(2)28-29)14-25-23(26-20-11-7-8-12-21(20)31-3)27-22(30)18-9-5-6-10-19(18)24/h5-12,15H,4,13-14H2,1-3H3,(H2,25,26,27,30). The zero-order valence-electron chi connectivity index (χ0n) is 17.9. The number of carbonyl (C=O) groups excluding carboxylic acids is 1. The second-order valence-electron chi connectivity index (χ2n) is 6.93. The van der Waals surface area contributed by atoms with E-state index in [2.05, 4.69) is 27.6 Å². The van der Waals surface area contributed by atoms with Gasteiger partial charge in [-0.15, -0.1) is 0 Å². The minimum atomic E-state index is -0.356. The maximum Gasteiger partial charge on any atom is 0.259 e. The van der Waals surface area contributed by atoms with E-state index in [9.17, 15) is 4.79 Å². The molecule has 0 saturated carbocycles. The van der Waals surface area contributed by atoms with E-state index < -0.39 is 0 Å². The van der Waals surface area contributed by atoms with Gasteiger partial charge in [0.05, 0.1) is 35.6 Å². The number of guanidine groups is 1. The van der Waals surface area contributed by atoms with Crippen molar-refractivity contribution < 1.29 is 9.53 Å². The Morgan fingerprint density at radius 2 is 1.94 bits per heavy atom. The number of aliphatic imine (C=N–C) groups is 1. The molecule has 3 rings (SSSR count). The smallest absolute Gasteiger partial charge is 0.259 e. The van der Waals surface area contributed by atoms with Gasteiger partial charge in [0.1, 0.15) is 5.75 Å². The van der Waals surface area contributed by atoms with Crippen molar-refractivity contribution in [3.05, 3.63) is 76.6 Å². The van der Waals surface area contributed by atoms with Gasteiger partial charge in [0.2, 0.25) is 5.96 Å². The van der Waals surface area contributed by atoms with Crippen molar-refractivity contribution in [1.29, 1.82) is 0 Å². The first-order valence-electron chi connectivity index (χ1n) is 10.0. The van der Waals surface area contributed by atoms with Crippen molar-refractivity contribution in [2.45, 2.75) is 33.4 Å². The number of amides is 1. The van der Waals surface area contributed by atoms with Crippen LogP contribution >= 0.6 is 11.6 Å². The summed E-state index contributed by atoms with van der Waals surface area (Å²) in [6.45, 7) is 5.26. The highest BCUT2D eigenvalue weighted by molar-refractivity contribution is 6.34. The first kappa shape index (κ1) is 22.4. The number of aromatic nitrogens is 2. The zero-order valence-corrected chi connectivity index (χ0v) is 18.6. The summed E-state index contributed by atoms with van der Waals surface area (Å²) in [5, 5.41) is 10.9. The molecule has 0 spiro atoms. The van der Waals surface area contributed by atoms with Crippen molar-refractivity contribution in [3.63, 3.8) is 0 Å². The van der Waals surface area contributed by atoms with Gasteiger partial charge in [0.15, 0.2) is 0 Å². The van der Waals surface area contributed by atoms with Gasteiger partial charge in [0, 0.05) is 18.3 Å². The van der Waals surface area contributed by atoms with Crippen LogP contribution in [0.1, 0.15) is 35.0 Å². The van der Waals surface area contributed by atoms with Crippen LogP contribution < -0.4 is 15.4 Å². The molecule has 2 aromatic carbocycles. The van der Waals surface area contributed by atoms with Crippen molar-refractivity contribution in [3.8, 4) is 5.75 Å². The number of methoxy groups -OCH3 is 1. The number of anilines is 1. The Labute approximate surface area is 187 Å². The van der Waals surface area contributed by atoms with E-state index in [1.165, 1.54) is 0 Å². The predicted molar refractivity (Wildman–Crippen MR) is 124 cm³/mol. The highest BCUT2D eigenvalue weighted by Gasteiger charge is 2.14. The van der Waals surface area contributed by atoms with Gasteiger partial charge in [-0.1, -0.05) is 42.8 Å². The largest absolute Gasteiger partial charge is 0.495 e. The molecule has 1 amide bonds. The molecule has 1 heterocycles. The number of nitrogens with zero attached hydrogens (tertiary/aromatic N) is 3. The van der Waals surface area contributed by atoms with Crippen LogP contribution in [0.3, 0.4) is 0 Å². The molecular formula is C23H26ClN5O2. The van der Waals surface area contributed by atoms with Crippen molar-refractivity contribution in [1.82, 2.24) is 15.1 Å². The summed E-state index contributed by atoms with van der Waals surface area (Å²) >= 11 is 6.18. The van der Waals surface area contributed by atoms with Gasteiger partial charge in [-0.25, -0.2) is 4.99 Å². The molecule has 0 fully saturated rings. The topological polar surface area (TPSA) is 80.5 Å². The van der Waals surface area contributed by atoms with Crippen LogP contribution in [-0.4, -0.2) is 28.8 Å². The molecule has 0 radical (unpaired) electrons. The van der Waals surface area contributed by atoms with Gasteiger partial charge >= 0.3 is 0 Å². The third-order valence-corrected chi connectivity index (χ3v) is 4.95. The lowest BCUT2D eigenvalue weighted by Crippen LogP contribution is -2.36. The molecule has 0 aliphatic heterocycles. The number of benzene rings is 2. The van der Waals surface area contributed by atoms with E-state index >= 15 is 0 Å². The van der Waals surface area contributed by atoms with Crippen molar-refractivity contribution in [2.24, 2.45) is 4.99 Å². The molecule has 2 N–H and O–H groups in total. The summed E-state index contributed by atoms with van der Waals surface area (Å²) in [6, 6.07) is 14.3. The van der Waals surface area contributed by atoms with Crippen LogP contribution in [0.15, 0.2) is 59.7 Å². The first-order valence-corrected chi connectivity index (χ1v) is 10.4. The Morgan fingerprint density at radius 1 is 1.19 bits per heavy atom. The fourth-order valence-electron chi connectivity index (χ4n) is 3.03. The Hall–Kier alpha value is -3.32. The van der Waals surface area contributed by atoms with Crippen LogP contribution in [0, 0.1) is 6.92 Å². The summed E-state index contributed by atoms with van der Waals surface area (Å²) in [7, 11) is 1.59. The van der Waals surface area contributed by atoms with Crippen LogP contribution in [0.4, 0.5) is 5.69 Å². The van der Waals surface area contributed by atoms with Crippen LogP contribution in [0.25, 0.3) is 0 Å². The third kappa shape index (κ3) is 5.86. The van der Waals surface area contributed by atoms with Crippen LogP contribution in [0.5, 0.6) is 5.75 Å². The van der Waals surface area contributed by atoms with Gasteiger partial charge in [-0.3, -0.25) is 14.8 Å². The second kappa shape index (κ2) is 10.6. The van der Waals surface area contributed by atoms with Gasteiger partial charge in [0.25, 0.3) is 5.91 Å². The van der Waals surface area contributed by atoms with Crippen molar-refractivity contribution >= 4 is 29.2 Å². The fraction of sp³-hybridized carbons (Fsp3) is 0.261. The minimum absolute atomic E-state index is 0.289. The molecule has 3 aromatic rings. The number of nitrogens with one attached hydrogen (secondary N) is 2. The zero-order chi connectivity index (χ0) is 22.2. The molecule has 0 unspecified atom stereocenters. The molecule has 0 bridgehead atoms. The number of carbonyl (C=O) groups is 1. The number of hydrogen-bond acceptors (Lipinski definition) is 4. The molecule has 1 aromatic heterocycles. The lowest BCUT2D eigenvalue weighted by atomic mass is 10.2. The average Bonchev–Trinajstić information content (AvgIpc) is 3.12. The molecule has 7 nitrogen and oxygen atoms in total. The normalized spacial score (nSPS) is 11.3. The maximum absolute atomic E-state index is 12.8. The summed E-state index contributed by atoms with van der Waals surface area (Å²) in [5.74, 6) is 0.566. The van der Waals surface area contributed by atoms with E-state index in [0.717, 1.165) is 24.2 Å². The summed E-state index contributed by atoms with van der Waals surface area (Å²) in [6.07, 6.45) is 2.98. The minimum Gasteiger partial charge on any atom is -0.495 e. The van der Waals surface area contributed by atoms with Gasteiger partial charge < -0.3 is 10.1 Å². The van der Waals surface area contributed by atoms with Crippen LogP contribution in [-0.2, 0) is 13.1 Å². The van der Waals surface area contributed by atoms with E-state index in [1.54, 1.807) is 31.4 Å². The van der Waals surface area contributed by atoms with E-state index in [1.807, 2.05) is 42.1 Å². The third-order valence-electron chi connectivity index (χ3n) is 4.62.